The fourth-order valence-corrected chi connectivity index (χ4v) is 16.0. The molecule has 0 aliphatic rings. The fraction of sp³-hybridized carbons (Fsp3) is 0.102. The van der Waals surface area contributed by atoms with Gasteiger partial charge < -0.3 is 19.9 Å². The summed E-state index contributed by atoms with van der Waals surface area (Å²) in [6.07, 6.45) is 7.79. The molecule has 17 rings (SSSR count). The Morgan fingerprint density at radius 3 is 0.824 bits per heavy atom. The Labute approximate surface area is 760 Å². The minimum absolute atomic E-state index is 0. The molecule has 12 aromatic carbocycles. The largest absolute Gasteiger partial charge is 0.352 e. The Hall–Kier alpha value is -11.2. The molecule has 0 unspecified atom stereocenters. The van der Waals surface area contributed by atoms with Gasteiger partial charge in [-0.3, -0.25) is 4.98 Å². The van der Waals surface area contributed by atoms with E-state index in [2.05, 4.69) is 219 Å². The summed E-state index contributed by atoms with van der Waals surface area (Å²) in [5.74, 6) is -1.48. The van der Waals surface area contributed by atoms with Crippen molar-refractivity contribution in [3.05, 3.63) is 401 Å². The summed E-state index contributed by atoms with van der Waals surface area (Å²) in [7, 11) is 0. The number of pyridine rings is 5. The van der Waals surface area contributed by atoms with Crippen molar-refractivity contribution >= 4 is 0 Å². The molecule has 0 aliphatic heterocycles. The van der Waals surface area contributed by atoms with E-state index in [9.17, 15) is 8.78 Å². The van der Waals surface area contributed by atoms with Gasteiger partial charge in [0.1, 0.15) is 11.6 Å². The van der Waals surface area contributed by atoms with Crippen LogP contribution in [0.3, 0.4) is 0 Å². The van der Waals surface area contributed by atoms with Crippen LogP contribution in [0.5, 0.6) is 0 Å². The van der Waals surface area contributed by atoms with Crippen LogP contribution in [-0.4, -0.2) is 24.9 Å². The molecule has 0 N–H and O–H groups in total. The van der Waals surface area contributed by atoms with Gasteiger partial charge in [0.25, 0.3) is 0 Å². The van der Waals surface area contributed by atoms with Crippen molar-refractivity contribution < 1.29 is 97.4 Å². The summed E-state index contributed by atoms with van der Waals surface area (Å²) in [4.78, 5) is 22.8. The van der Waals surface area contributed by atoms with Crippen LogP contribution in [0.15, 0.2) is 304 Å². The molecule has 0 amide bonds. The topological polar surface area (TPSA) is 64.5 Å². The van der Waals surface area contributed by atoms with Crippen molar-refractivity contribution in [2.45, 2.75) is 76.0 Å². The third-order valence-corrected chi connectivity index (χ3v) is 22.4. The first-order valence-electron chi connectivity index (χ1n) is 41.4. The first kappa shape index (κ1) is 79.0. The maximum absolute atomic E-state index is 14.5. The maximum Gasteiger partial charge on any atom is 0.142 e. The fourth-order valence-electron chi connectivity index (χ4n) is 16.0. The van der Waals surface area contributed by atoms with Crippen LogP contribution in [0.1, 0.15) is 69.4 Å². The molecule has 594 valence electrons. The molecule has 0 saturated heterocycles. The van der Waals surface area contributed by atoms with E-state index in [0.717, 1.165) is 107 Å². The minimum Gasteiger partial charge on any atom is -0.352 e. The van der Waals surface area contributed by atoms with E-state index in [1.165, 1.54) is 78.5 Å². The van der Waals surface area contributed by atoms with Crippen molar-refractivity contribution in [3.8, 4) is 168 Å². The van der Waals surface area contributed by atoms with E-state index in [1.54, 1.807) is 30.6 Å². The Morgan fingerprint density at radius 2 is 0.529 bits per heavy atom. The molecule has 119 heavy (non-hydrogen) atoms. The van der Waals surface area contributed by atoms with Gasteiger partial charge in [0.05, 0.1) is 6.20 Å². The average Bonchev–Trinajstić information content (AvgIpc) is 0.748. The van der Waals surface area contributed by atoms with E-state index < -0.39 is 25.3 Å². The van der Waals surface area contributed by atoms with Crippen LogP contribution in [0.4, 0.5) is 8.78 Å². The summed E-state index contributed by atoms with van der Waals surface area (Å²) >= 11 is 0. The number of benzene rings is 12. The van der Waals surface area contributed by atoms with Crippen molar-refractivity contribution in [3.63, 3.8) is 0 Å². The number of hydrogen-bond acceptors (Lipinski definition) is 5. The Bertz CT molecular complexity index is 6500. The third kappa shape index (κ3) is 17.8. The molecule has 0 bridgehead atoms. The van der Waals surface area contributed by atoms with Crippen molar-refractivity contribution in [2.24, 2.45) is 0 Å². The van der Waals surface area contributed by atoms with Gasteiger partial charge in [0.2, 0.25) is 0 Å². The Balaban J connectivity index is 0.000000224. The third-order valence-electron chi connectivity index (χ3n) is 22.4. The second-order valence-electron chi connectivity index (χ2n) is 29.2. The molecule has 5 nitrogen and oxygen atoms in total. The average molecular weight is 2260 g/mol. The van der Waals surface area contributed by atoms with Crippen LogP contribution >= 0.6 is 0 Å². The van der Waals surface area contributed by atoms with Gasteiger partial charge in [-0.25, -0.2) is 8.78 Å². The van der Waals surface area contributed by atoms with Crippen LogP contribution in [-0.2, 0) is 80.4 Å². The van der Waals surface area contributed by atoms with Gasteiger partial charge in [-0.05, 0) is 227 Å². The van der Waals surface area contributed by atoms with Crippen molar-refractivity contribution in [1.29, 1.82) is 0 Å². The molecular formula is C108H83F2Ir4N5-4. The quantitative estimate of drug-likeness (QED) is 0.0957. The van der Waals surface area contributed by atoms with Gasteiger partial charge in [-0.2, -0.15) is 0 Å². The van der Waals surface area contributed by atoms with Gasteiger partial charge in [-0.15, -0.1) is 107 Å². The smallest absolute Gasteiger partial charge is 0.142 e. The molecule has 17 aromatic rings. The van der Waals surface area contributed by atoms with Crippen LogP contribution < -0.4 is 0 Å². The number of halogens is 2. The number of aromatic nitrogens is 5. The summed E-state index contributed by atoms with van der Waals surface area (Å²) in [5.41, 5.74) is 38.2. The standard InChI is InChI=1S/C58H46N2.C50H37F2N3.4Ir/c1-37-33-55(59-35-53(37)43-17-9-7-10-18-43)47-29-25-45(26-30-47)49-21-13-15-23-51(49)57-39(3)41(5)58(42(6)40(57)4)52-24-16-14-22-50(52)46-27-31-48(32-28-46)56-34-38(2)54(36-60-56)44-19-11-8-12-20-44;1-30-25-47(54-29-44(30)35-13-7-6-8-14-35)37-21-19-36(20-22-37)40-15-9-11-17-42(40)48-31(2)33(4)49(34(5)32(48)3)43-18-12-10-16-41(43)46-24-23-38(27-53-46)50-45(52)26-39(51)28-55-50;;;;/h7-29,31,33-36H,1-6H3;6-21,24-29H,1-5H3;;;;/q2*-2;;;;/i1D3,2D3;;;;;. The Kier molecular flexibility index (Phi) is 25.4. The van der Waals surface area contributed by atoms with Gasteiger partial charge in [0, 0.05) is 136 Å². The zero-order valence-corrected chi connectivity index (χ0v) is 76.3. The summed E-state index contributed by atoms with van der Waals surface area (Å²) in [6, 6.07) is 103. The normalized spacial score (nSPS) is 11.8. The molecule has 4 radical (unpaired) electrons. The molecule has 5 aromatic heterocycles. The zero-order valence-electron chi connectivity index (χ0n) is 72.7. The SMILES string of the molecule is Cc1cc(-c2[c-]cc(-c3ccccc3-c3c(C)c(C)c(-c4ccccc4-c4c[c-]c(-c5ncc(F)cc5F)cn4)c(C)c3C)cc2)ncc1-c1ccccc1.[2H]C([2H])([2H])c1cc(-c2[c-]cc(-c3ccccc3-c3c(C)c(C)c(-c4ccccc4-c4c[c-]c(-c5cc(C([2H])([2H])[2H])c(-c6ccccc6)cn5)cc4)c(C)c3C)cc2)ncc1-c1ccccc1.[Ir].[Ir].[Ir].[Ir]. The summed E-state index contributed by atoms with van der Waals surface area (Å²) < 4.78 is 77.8. The molecule has 0 fully saturated rings. The van der Waals surface area contributed by atoms with Crippen LogP contribution in [0.25, 0.3) is 168 Å². The second-order valence-corrected chi connectivity index (χ2v) is 29.2. The zero-order chi connectivity index (χ0) is 84.5. The van der Waals surface area contributed by atoms with Gasteiger partial charge in [0.15, 0.2) is 0 Å². The van der Waals surface area contributed by atoms with E-state index in [1.807, 2.05) is 128 Å². The summed E-state index contributed by atoms with van der Waals surface area (Å²) in [6.45, 7) is 15.1. The van der Waals surface area contributed by atoms with Gasteiger partial charge in [-0.1, -0.05) is 246 Å². The van der Waals surface area contributed by atoms with E-state index >= 15 is 0 Å². The van der Waals surface area contributed by atoms with E-state index in [-0.39, 0.29) is 97.2 Å². The number of rotatable bonds is 15. The first-order chi connectivity index (χ1) is 58.4. The minimum atomic E-state index is -2.32. The number of nitrogens with zero attached hydrogens (tertiary/aromatic N) is 5. The molecule has 0 aliphatic carbocycles. The summed E-state index contributed by atoms with van der Waals surface area (Å²) in [5, 5.41) is 0. The molecular weight excluding hydrogens is 2170 g/mol. The van der Waals surface area contributed by atoms with E-state index in [4.69, 9.17) is 28.2 Å². The molecule has 0 saturated carbocycles. The first-order valence-corrected chi connectivity index (χ1v) is 38.4. The van der Waals surface area contributed by atoms with Crippen LogP contribution in [0.2, 0.25) is 0 Å². The Morgan fingerprint density at radius 1 is 0.244 bits per heavy atom. The molecule has 0 spiro atoms. The molecule has 11 heteroatoms. The predicted molar refractivity (Wildman–Crippen MR) is 471 cm³/mol. The van der Waals surface area contributed by atoms with E-state index in [0.29, 0.717) is 44.9 Å². The molecule has 5 heterocycles. The van der Waals surface area contributed by atoms with Crippen LogP contribution in [0, 0.1) is 112 Å². The second kappa shape index (κ2) is 38.3. The molecule has 0 atom stereocenters. The van der Waals surface area contributed by atoms with Gasteiger partial charge >= 0.3 is 0 Å². The van der Waals surface area contributed by atoms with Crippen molar-refractivity contribution in [1.82, 2.24) is 24.9 Å². The maximum atomic E-state index is 14.5. The number of hydrogen-bond donors (Lipinski definition) is 0. The van der Waals surface area contributed by atoms with Crippen molar-refractivity contribution in [2.75, 3.05) is 0 Å². The predicted octanol–water partition coefficient (Wildman–Crippen LogP) is 28.2. The number of aryl methyl sites for hydroxylation is 3. The monoisotopic (exact) mass is 2270 g/mol.